The van der Waals surface area contributed by atoms with Crippen molar-refractivity contribution in [3.05, 3.63) is 23.8 Å². The van der Waals surface area contributed by atoms with Crippen LogP contribution in [-0.4, -0.2) is 77.4 Å². The fourth-order valence-electron chi connectivity index (χ4n) is 2.90. The van der Waals surface area contributed by atoms with Gasteiger partial charge in [0.25, 0.3) is 0 Å². The molecule has 164 valence electrons. The molecule has 0 spiro atoms. The molecule has 29 heavy (non-hydrogen) atoms. The van der Waals surface area contributed by atoms with Crippen LogP contribution in [0.4, 0.5) is 0 Å². The van der Waals surface area contributed by atoms with E-state index in [4.69, 9.17) is 18.9 Å². The van der Waals surface area contributed by atoms with Gasteiger partial charge in [-0.3, -0.25) is 4.79 Å². The van der Waals surface area contributed by atoms with Crippen LogP contribution in [0.3, 0.4) is 0 Å². The fourth-order valence-corrected chi connectivity index (χ4v) is 2.90. The summed E-state index contributed by atoms with van der Waals surface area (Å²) in [6, 6.07) is 5.03. The molecule has 1 fully saturated rings. The molecule has 5 atom stereocenters. The van der Waals surface area contributed by atoms with Crippen molar-refractivity contribution in [1.82, 2.24) is 0 Å². The van der Waals surface area contributed by atoms with Gasteiger partial charge in [0.15, 0.2) is 11.5 Å². The molecule has 0 aliphatic carbocycles. The van der Waals surface area contributed by atoms with Gasteiger partial charge in [-0.2, -0.15) is 0 Å². The summed E-state index contributed by atoms with van der Waals surface area (Å²) in [4.78, 5) is 11.7. The van der Waals surface area contributed by atoms with Crippen molar-refractivity contribution >= 4 is 5.97 Å². The highest BCUT2D eigenvalue weighted by atomic mass is 16.7. The quantitative estimate of drug-likeness (QED) is 0.312. The number of benzene rings is 1. The average molecular weight is 414 g/mol. The third kappa shape index (κ3) is 6.28. The van der Waals surface area contributed by atoms with Crippen LogP contribution in [0.15, 0.2) is 18.2 Å². The summed E-state index contributed by atoms with van der Waals surface area (Å²) in [5.74, 6) is 0.323. The third-order valence-corrected chi connectivity index (χ3v) is 4.70. The standard InChI is InChI=1S/C20H30O9/c1-3-4-9-27-16(22)8-6-12-5-7-13(14(10-12)26-2)28-20-19(25)18(24)17(23)15(11-21)29-20/h5,7,10,15,17-21,23-25H,3-4,6,8-9,11H2,1-2H3/t15-,17-,18+,19-,20-/m1/s1. The minimum absolute atomic E-state index is 0.236. The number of aryl methyl sites for hydroxylation is 1. The zero-order valence-corrected chi connectivity index (χ0v) is 16.7. The minimum atomic E-state index is -1.53. The Morgan fingerprint density at radius 2 is 1.90 bits per heavy atom. The van der Waals surface area contributed by atoms with E-state index >= 15 is 0 Å². The van der Waals surface area contributed by atoms with E-state index in [1.807, 2.05) is 6.92 Å². The highest BCUT2D eigenvalue weighted by Crippen LogP contribution is 2.32. The van der Waals surface area contributed by atoms with Gasteiger partial charge < -0.3 is 39.4 Å². The van der Waals surface area contributed by atoms with E-state index in [2.05, 4.69) is 0 Å². The lowest BCUT2D eigenvalue weighted by molar-refractivity contribution is -0.277. The van der Waals surface area contributed by atoms with Crippen molar-refractivity contribution in [3.8, 4) is 11.5 Å². The van der Waals surface area contributed by atoms with Gasteiger partial charge in [0.1, 0.15) is 24.4 Å². The molecule has 0 radical (unpaired) electrons. The number of carbonyl (C=O) groups is 1. The van der Waals surface area contributed by atoms with Crippen molar-refractivity contribution < 1.29 is 44.2 Å². The van der Waals surface area contributed by atoms with Crippen LogP contribution < -0.4 is 9.47 Å². The number of aliphatic hydroxyl groups is 4. The molecule has 0 unspecified atom stereocenters. The van der Waals surface area contributed by atoms with Crippen molar-refractivity contribution in [3.63, 3.8) is 0 Å². The first-order valence-electron chi connectivity index (χ1n) is 9.71. The topological polar surface area (TPSA) is 135 Å². The van der Waals surface area contributed by atoms with E-state index in [9.17, 15) is 25.2 Å². The zero-order chi connectivity index (χ0) is 21.4. The lowest BCUT2D eigenvalue weighted by Crippen LogP contribution is -2.60. The van der Waals surface area contributed by atoms with Crippen LogP contribution in [0.25, 0.3) is 0 Å². The maximum Gasteiger partial charge on any atom is 0.306 e. The van der Waals surface area contributed by atoms with Crippen LogP contribution in [0.1, 0.15) is 31.7 Å². The number of hydrogen-bond donors (Lipinski definition) is 4. The Morgan fingerprint density at radius 1 is 1.14 bits per heavy atom. The summed E-state index contributed by atoms with van der Waals surface area (Å²) in [6.07, 6.45) is -4.40. The van der Waals surface area contributed by atoms with Crippen LogP contribution in [0, 0.1) is 0 Å². The molecule has 1 aromatic carbocycles. The second-order valence-corrected chi connectivity index (χ2v) is 6.87. The van der Waals surface area contributed by atoms with Crippen LogP contribution in [0.5, 0.6) is 11.5 Å². The summed E-state index contributed by atoms with van der Waals surface area (Å²) in [5, 5.41) is 39.1. The molecule has 0 bridgehead atoms. The fraction of sp³-hybridized carbons (Fsp3) is 0.650. The lowest BCUT2D eigenvalue weighted by Gasteiger charge is -2.39. The van der Waals surface area contributed by atoms with E-state index in [0.717, 1.165) is 18.4 Å². The monoisotopic (exact) mass is 414 g/mol. The van der Waals surface area contributed by atoms with Gasteiger partial charge in [-0.05, 0) is 30.5 Å². The average Bonchev–Trinajstić information content (AvgIpc) is 2.73. The Morgan fingerprint density at radius 3 is 2.55 bits per heavy atom. The van der Waals surface area contributed by atoms with Gasteiger partial charge in [-0.15, -0.1) is 0 Å². The predicted octanol–water partition coefficient (Wildman–Crippen LogP) is 0.150. The van der Waals surface area contributed by atoms with Gasteiger partial charge in [0.2, 0.25) is 6.29 Å². The zero-order valence-electron chi connectivity index (χ0n) is 16.7. The Hall–Kier alpha value is -1.91. The maximum absolute atomic E-state index is 11.7. The normalized spacial score (nSPS) is 26.8. The molecular formula is C20H30O9. The largest absolute Gasteiger partial charge is 0.493 e. The van der Waals surface area contributed by atoms with E-state index in [-0.39, 0.29) is 18.1 Å². The summed E-state index contributed by atoms with van der Waals surface area (Å²) >= 11 is 0. The molecule has 9 heteroatoms. The molecule has 0 aromatic heterocycles. The van der Waals surface area contributed by atoms with E-state index in [1.54, 1.807) is 18.2 Å². The summed E-state index contributed by atoms with van der Waals surface area (Å²) < 4.78 is 21.4. The van der Waals surface area contributed by atoms with Crippen molar-refractivity contribution in [2.75, 3.05) is 20.3 Å². The summed E-state index contributed by atoms with van der Waals surface area (Å²) in [6.45, 7) is 1.90. The summed E-state index contributed by atoms with van der Waals surface area (Å²) in [5.41, 5.74) is 0.829. The number of aliphatic hydroxyl groups excluding tert-OH is 4. The number of carbonyl (C=O) groups excluding carboxylic acids is 1. The number of methoxy groups -OCH3 is 1. The molecule has 1 aromatic rings. The number of hydrogen-bond acceptors (Lipinski definition) is 9. The predicted molar refractivity (Wildman–Crippen MR) is 102 cm³/mol. The highest BCUT2D eigenvalue weighted by molar-refractivity contribution is 5.69. The Labute approximate surface area is 169 Å². The smallest absolute Gasteiger partial charge is 0.306 e. The minimum Gasteiger partial charge on any atom is -0.493 e. The maximum atomic E-state index is 11.7. The first-order chi connectivity index (χ1) is 13.9. The molecule has 0 amide bonds. The van der Waals surface area contributed by atoms with Crippen molar-refractivity contribution in [2.24, 2.45) is 0 Å². The second kappa shape index (κ2) is 11.3. The van der Waals surface area contributed by atoms with Crippen LogP contribution >= 0.6 is 0 Å². The second-order valence-electron chi connectivity index (χ2n) is 6.87. The molecule has 4 N–H and O–H groups in total. The number of unbranched alkanes of at least 4 members (excludes halogenated alkanes) is 1. The van der Waals surface area contributed by atoms with Gasteiger partial charge in [-0.1, -0.05) is 19.4 Å². The van der Waals surface area contributed by atoms with Crippen molar-refractivity contribution in [1.29, 1.82) is 0 Å². The van der Waals surface area contributed by atoms with Gasteiger partial charge >= 0.3 is 5.97 Å². The SMILES string of the molecule is CCCCOC(=O)CCc1ccc(O[C@@H]2O[C@H](CO)[C@@H](O)[C@H](O)[C@H]2O)c(OC)c1. The Kier molecular flexibility index (Phi) is 9.12. The molecule has 1 aliphatic rings. The number of ether oxygens (including phenoxy) is 4. The molecule has 2 rings (SSSR count). The molecule has 0 saturated carbocycles. The molecule has 1 aliphatic heterocycles. The Balaban J connectivity index is 2.00. The van der Waals surface area contributed by atoms with Gasteiger partial charge in [-0.25, -0.2) is 0 Å². The number of rotatable bonds is 10. The van der Waals surface area contributed by atoms with E-state index in [1.165, 1.54) is 7.11 Å². The van der Waals surface area contributed by atoms with Gasteiger partial charge in [0.05, 0.1) is 20.3 Å². The van der Waals surface area contributed by atoms with Crippen LogP contribution in [-0.2, 0) is 20.7 Å². The molecule has 1 heterocycles. The number of esters is 1. The molecular weight excluding hydrogens is 384 g/mol. The highest BCUT2D eigenvalue weighted by Gasteiger charge is 2.44. The van der Waals surface area contributed by atoms with E-state index in [0.29, 0.717) is 18.8 Å². The molecule has 9 nitrogen and oxygen atoms in total. The lowest BCUT2D eigenvalue weighted by atomic mass is 9.99. The third-order valence-electron chi connectivity index (χ3n) is 4.70. The molecule has 1 saturated heterocycles. The first-order valence-corrected chi connectivity index (χ1v) is 9.71. The van der Waals surface area contributed by atoms with Crippen LogP contribution in [0.2, 0.25) is 0 Å². The first kappa shape index (κ1) is 23.4. The van der Waals surface area contributed by atoms with E-state index < -0.39 is 37.3 Å². The van der Waals surface area contributed by atoms with Crippen molar-refractivity contribution in [2.45, 2.75) is 63.3 Å². The summed E-state index contributed by atoms with van der Waals surface area (Å²) in [7, 11) is 1.44. The van der Waals surface area contributed by atoms with Gasteiger partial charge in [0, 0.05) is 6.42 Å². The Bertz CT molecular complexity index is 649.